The van der Waals surface area contributed by atoms with Gasteiger partial charge in [-0.15, -0.1) is 0 Å². The van der Waals surface area contributed by atoms with Gasteiger partial charge in [-0.2, -0.15) is 0 Å². The molecular formula is C19H29NO5. The van der Waals surface area contributed by atoms with Crippen molar-refractivity contribution in [3.05, 3.63) is 29.8 Å². The molecule has 0 saturated carbocycles. The number of rotatable bonds is 5. The van der Waals surface area contributed by atoms with E-state index in [0.29, 0.717) is 5.75 Å². The summed E-state index contributed by atoms with van der Waals surface area (Å²) in [5, 5.41) is 9.49. The van der Waals surface area contributed by atoms with Crippen LogP contribution in [0.25, 0.3) is 0 Å². The van der Waals surface area contributed by atoms with E-state index in [-0.39, 0.29) is 12.0 Å². The van der Waals surface area contributed by atoms with Crippen LogP contribution in [0.2, 0.25) is 0 Å². The van der Waals surface area contributed by atoms with Gasteiger partial charge in [-0.25, -0.2) is 9.59 Å². The predicted molar refractivity (Wildman–Crippen MR) is 95.9 cm³/mol. The standard InChI is InChI=1S/C19H29NO5/c1-18(2,3)24-14-10-8-13(9-11-14)12-15(16(21)22)20(7)17(23)25-19(4,5)6/h8-11,15H,12H2,1-7H3,(H,21,22)/t15-/m0/s1. The molecule has 25 heavy (non-hydrogen) atoms. The second kappa shape index (κ2) is 7.76. The second-order valence-electron chi connectivity index (χ2n) is 8.01. The first-order valence-corrected chi connectivity index (χ1v) is 8.25. The van der Waals surface area contributed by atoms with Gasteiger partial charge >= 0.3 is 12.1 Å². The van der Waals surface area contributed by atoms with E-state index in [4.69, 9.17) is 9.47 Å². The van der Waals surface area contributed by atoms with Crippen LogP contribution in [0.3, 0.4) is 0 Å². The lowest BCUT2D eigenvalue weighted by atomic mass is 10.0. The number of likely N-dealkylation sites (N-methyl/N-ethyl adjacent to an activating group) is 1. The highest BCUT2D eigenvalue weighted by Crippen LogP contribution is 2.20. The SMILES string of the molecule is CN(C(=O)OC(C)(C)C)[C@@H](Cc1ccc(OC(C)(C)C)cc1)C(=O)O. The van der Waals surface area contributed by atoms with Gasteiger partial charge in [0, 0.05) is 13.5 Å². The molecule has 1 rings (SSSR count). The summed E-state index contributed by atoms with van der Waals surface area (Å²) in [5.74, 6) is -0.369. The van der Waals surface area contributed by atoms with Crippen molar-refractivity contribution < 1.29 is 24.2 Å². The van der Waals surface area contributed by atoms with Gasteiger partial charge in [0.05, 0.1) is 0 Å². The largest absolute Gasteiger partial charge is 0.488 e. The van der Waals surface area contributed by atoms with E-state index in [1.54, 1.807) is 45.0 Å². The molecule has 0 unspecified atom stereocenters. The summed E-state index contributed by atoms with van der Waals surface area (Å²) in [4.78, 5) is 24.8. The summed E-state index contributed by atoms with van der Waals surface area (Å²) in [6.45, 7) is 11.1. The van der Waals surface area contributed by atoms with Crippen LogP contribution in [0.5, 0.6) is 5.75 Å². The predicted octanol–water partition coefficient (Wildman–Crippen LogP) is 3.73. The van der Waals surface area contributed by atoms with Crippen molar-refractivity contribution in [3.63, 3.8) is 0 Å². The zero-order chi connectivity index (χ0) is 19.4. The molecule has 1 atom stereocenters. The molecule has 0 aliphatic carbocycles. The van der Waals surface area contributed by atoms with Crippen molar-refractivity contribution in [2.24, 2.45) is 0 Å². The van der Waals surface area contributed by atoms with E-state index in [9.17, 15) is 14.7 Å². The van der Waals surface area contributed by atoms with Crippen molar-refractivity contribution >= 4 is 12.1 Å². The monoisotopic (exact) mass is 351 g/mol. The summed E-state index contributed by atoms with van der Waals surface area (Å²) in [5.41, 5.74) is -0.188. The first-order valence-electron chi connectivity index (χ1n) is 8.25. The average molecular weight is 351 g/mol. The Morgan fingerprint density at radius 2 is 1.56 bits per heavy atom. The molecule has 0 radical (unpaired) electrons. The maximum absolute atomic E-state index is 12.1. The molecule has 6 heteroatoms. The zero-order valence-electron chi connectivity index (χ0n) is 16.1. The van der Waals surface area contributed by atoms with E-state index in [1.165, 1.54) is 7.05 Å². The normalized spacial score (nSPS) is 13.1. The van der Waals surface area contributed by atoms with Crippen LogP contribution in [0, 0.1) is 0 Å². The fourth-order valence-corrected chi connectivity index (χ4v) is 2.12. The number of carboxylic acid groups (broad SMARTS) is 1. The van der Waals surface area contributed by atoms with Gasteiger partial charge < -0.3 is 14.6 Å². The van der Waals surface area contributed by atoms with Crippen LogP contribution >= 0.6 is 0 Å². The number of amides is 1. The number of ether oxygens (including phenoxy) is 2. The molecule has 1 aromatic rings. The molecule has 0 aliphatic rings. The topological polar surface area (TPSA) is 76.1 Å². The molecule has 0 spiro atoms. The molecule has 1 aromatic carbocycles. The van der Waals surface area contributed by atoms with E-state index in [1.807, 2.05) is 20.8 Å². The van der Waals surface area contributed by atoms with Gasteiger partial charge in [-0.3, -0.25) is 4.90 Å². The molecule has 140 valence electrons. The van der Waals surface area contributed by atoms with Gasteiger partial charge in [-0.05, 0) is 59.2 Å². The van der Waals surface area contributed by atoms with E-state index in [0.717, 1.165) is 10.5 Å². The van der Waals surface area contributed by atoms with Gasteiger partial charge in [-0.1, -0.05) is 12.1 Å². The number of carbonyl (C=O) groups excluding carboxylic acids is 1. The third-order valence-electron chi connectivity index (χ3n) is 3.21. The lowest BCUT2D eigenvalue weighted by Crippen LogP contribution is -2.46. The van der Waals surface area contributed by atoms with Crippen LogP contribution in [-0.2, 0) is 16.0 Å². The van der Waals surface area contributed by atoms with Crippen LogP contribution in [0.4, 0.5) is 4.79 Å². The average Bonchev–Trinajstić information content (AvgIpc) is 2.42. The van der Waals surface area contributed by atoms with Crippen LogP contribution < -0.4 is 4.74 Å². The Morgan fingerprint density at radius 3 is 1.96 bits per heavy atom. The summed E-state index contributed by atoms with van der Waals surface area (Å²) >= 11 is 0. The Morgan fingerprint density at radius 1 is 1.04 bits per heavy atom. The van der Waals surface area contributed by atoms with Crippen molar-refractivity contribution in [2.75, 3.05) is 7.05 Å². The molecule has 6 nitrogen and oxygen atoms in total. The number of benzene rings is 1. The first kappa shape index (κ1) is 20.8. The molecule has 1 N–H and O–H groups in total. The fraction of sp³-hybridized carbons (Fsp3) is 0.579. The van der Waals surface area contributed by atoms with Crippen molar-refractivity contribution in [1.29, 1.82) is 0 Å². The lowest BCUT2D eigenvalue weighted by Gasteiger charge is -2.28. The maximum Gasteiger partial charge on any atom is 0.410 e. The third kappa shape index (κ3) is 7.45. The van der Waals surface area contributed by atoms with E-state index < -0.39 is 23.7 Å². The highest BCUT2D eigenvalue weighted by atomic mass is 16.6. The van der Waals surface area contributed by atoms with E-state index >= 15 is 0 Å². The highest BCUT2D eigenvalue weighted by molar-refractivity contribution is 5.80. The van der Waals surface area contributed by atoms with Crippen LogP contribution in [0.1, 0.15) is 47.1 Å². The van der Waals surface area contributed by atoms with Gasteiger partial charge in [0.25, 0.3) is 0 Å². The number of nitrogens with zero attached hydrogens (tertiary/aromatic N) is 1. The molecule has 0 aromatic heterocycles. The van der Waals surface area contributed by atoms with Crippen molar-refractivity contribution in [1.82, 2.24) is 4.90 Å². The molecule has 0 saturated heterocycles. The lowest BCUT2D eigenvalue weighted by molar-refractivity contribution is -0.142. The molecule has 0 bridgehead atoms. The summed E-state index contributed by atoms with van der Waals surface area (Å²) in [7, 11) is 1.43. The molecule has 0 fully saturated rings. The smallest absolute Gasteiger partial charge is 0.410 e. The minimum atomic E-state index is -1.08. The maximum atomic E-state index is 12.1. The molecule has 1 amide bonds. The highest BCUT2D eigenvalue weighted by Gasteiger charge is 2.30. The first-order chi connectivity index (χ1) is 11.3. The van der Waals surface area contributed by atoms with E-state index in [2.05, 4.69) is 0 Å². The number of carbonyl (C=O) groups is 2. The second-order valence-corrected chi connectivity index (χ2v) is 8.01. The van der Waals surface area contributed by atoms with Crippen LogP contribution in [-0.4, -0.2) is 46.4 Å². The third-order valence-corrected chi connectivity index (χ3v) is 3.21. The molecular weight excluding hydrogens is 322 g/mol. The fourth-order valence-electron chi connectivity index (χ4n) is 2.12. The Bertz CT molecular complexity index is 596. The Labute approximate surface area is 149 Å². The Balaban J connectivity index is 2.84. The van der Waals surface area contributed by atoms with Gasteiger partial charge in [0.2, 0.25) is 0 Å². The molecule has 0 aliphatic heterocycles. The van der Waals surface area contributed by atoms with Crippen molar-refractivity contribution in [2.45, 2.75) is 65.2 Å². The van der Waals surface area contributed by atoms with Gasteiger partial charge in [0.15, 0.2) is 0 Å². The number of carboxylic acids is 1. The Kier molecular flexibility index (Phi) is 6.46. The number of hydrogen-bond acceptors (Lipinski definition) is 4. The molecule has 0 heterocycles. The van der Waals surface area contributed by atoms with Gasteiger partial charge in [0.1, 0.15) is 23.0 Å². The minimum Gasteiger partial charge on any atom is -0.488 e. The number of hydrogen-bond donors (Lipinski definition) is 1. The number of aliphatic carboxylic acids is 1. The minimum absolute atomic E-state index is 0.181. The quantitative estimate of drug-likeness (QED) is 0.875. The summed E-state index contributed by atoms with van der Waals surface area (Å²) in [6, 6.07) is 6.20. The Hall–Kier alpha value is -2.24. The van der Waals surface area contributed by atoms with Crippen LogP contribution in [0.15, 0.2) is 24.3 Å². The summed E-state index contributed by atoms with van der Waals surface area (Å²) < 4.78 is 11.0. The zero-order valence-corrected chi connectivity index (χ0v) is 16.1. The summed E-state index contributed by atoms with van der Waals surface area (Å²) in [6.07, 6.45) is -0.478. The van der Waals surface area contributed by atoms with Crippen molar-refractivity contribution in [3.8, 4) is 5.75 Å².